The Balaban J connectivity index is 1.44. The number of imide groups is 1. The molecule has 154 valence electrons. The van der Waals surface area contributed by atoms with Crippen LogP contribution in [0.2, 0.25) is 0 Å². The Morgan fingerprint density at radius 3 is 2.23 bits per heavy atom. The maximum absolute atomic E-state index is 12.6. The maximum Gasteiger partial charge on any atom is 0.316 e. The van der Waals surface area contributed by atoms with Crippen LogP contribution in [-0.4, -0.2) is 30.2 Å². The van der Waals surface area contributed by atoms with Gasteiger partial charge in [0.25, 0.3) is 0 Å². The lowest BCUT2D eigenvalue weighted by atomic mass is 10.1. The minimum absolute atomic E-state index is 0.0978. The van der Waals surface area contributed by atoms with Crippen molar-refractivity contribution >= 4 is 35.1 Å². The minimum atomic E-state index is -0.555. The van der Waals surface area contributed by atoms with Gasteiger partial charge in [0.2, 0.25) is 17.7 Å². The zero-order valence-corrected chi connectivity index (χ0v) is 16.9. The fourth-order valence-corrected chi connectivity index (χ4v) is 3.83. The van der Waals surface area contributed by atoms with Crippen LogP contribution >= 0.6 is 0 Å². The molecule has 0 aromatic heterocycles. The lowest BCUT2D eigenvalue weighted by Crippen LogP contribution is -2.29. The normalized spacial score (nSPS) is 19.0. The number of benzene rings is 2. The van der Waals surface area contributed by atoms with E-state index in [0.29, 0.717) is 17.0 Å². The van der Waals surface area contributed by atoms with Gasteiger partial charge in [0.1, 0.15) is 5.75 Å². The van der Waals surface area contributed by atoms with E-state index in [1.165, 1.54) is 4.90 Å². The van der Waals surface area contributed by atoms with Gasteiger partial charge in [-0.2, -0.15) is 0 Å². The predicted molar refractivity (Wildman–Crippen MR) is 110 cm³/mol. The Bertz CT molecular complexity index is 1030. The summed E-state index contributed by atoms with van der Waals surface area (Å²) in [6, 6.07) is 12.4. The van der Waals surface area contributed by atoms with Crippen LogP contribution in [0.25, 0.3) is 0 Å². The third-order valence-electron chi connectivity index (χ3n) is 5.48. The molecule has 0 saturated carbocycles. The van der Waals surface area contributed by atoms with Gasteiger partial charge in [-0.15, -0.1) is 0 Å². The highest BCUT2D eigenvalue weighted by Crippen LogP contribution is 2.31. The van der Waals surface area contributed by atoms with Gasteiger partial charge in [0, 0.05) is 31.5 Å². The molecule has 2 heterocycles. The molecule has 2 aromatic carbocycles. The maximum atomic E-state index is 12.6. The Morgan fingerprint density at radius 1 is 0.933 bits per heavy atom. The average molecular weight is 406 g/mol. The number of aryl methyl sites for hydroxylation is 2. The van der Waals surface area contributed by atoms with Crippen LogP contribution in [0.3, 0.4) is 0 Å². The third kappa shape index (κ3) is 3.70. The second-order valence-electron chi connectivity index (χ2n) is 7.73. The molecular formula is C23H22N2O5. The highest BCUT2D eigenvalue weighted by Gasteiger charge is 2.36. The van der Waals surface area contributed by atoms with Crippen molar-refractivity contribution in [1.82, 2.24) is 0 Å². The summed E-state index contributed by atoms with van der Waals surface area (Å²) in [4.78, 5) is 51.7. The van der Waals surface area contributed by atoms with Crippen molar-refractivity contribution in [3.63, 3.8) is 0 Å². The Labute approximate surface area is 174 Å². The van der Waals surface area contributed by atoms with E-state index in [1.807, 2.05) is 31.2 Å². The van der Waals surface area contributed by atoms with Crippen molar-refractivity contribution in [2.75, 3.05) is 16.3 Å². The highest BCUT2D eigenvalue weighted by atomic mass is 16.5. The molecule has 0 spiro atoms. The van der Waals surface area contributed by atoms with Crippen LogP contribution in [0, 0.1) is 19.8 Å². The van der Waals surface area contributed by atoms with Crippen LogP contribution in [0.1, 0.15) is 30.4 Å². The van der Waals surface area contributed by atoms with Gasteiger partial charge in [0.15, 0.2) is 0 Å². The first kappa shape index (κ1) is 19.8. The number of carbonyl (C=O) groups excluding carboxylic acids is 4. The topological polar surface area (TPSA) is 84.0 Å². The Morgan fingerprint density at radius 2 is 1.60 bits per heavy atom. The fourth-order valence-electron chi connectivity index (χ4n) is 3.83. The van der Waals surface area contributed by atoms with Crippen molar-refractivity contribution in [2.45, 2.75) is 33.1 Å². The van der Waals surface area contributed by atoms with Crippen molar-refractivity contribution in [1.29, 1.82) is 0 Å². The molecule has 2 aliphatic rings. The number of ether oxygens (including phenoxy) is 1. The van der Waals surface area contributed by atoms with E-state index >= 15 is 0 Å². The number of amides is 3. The summed E-state index contributed by atoms with van der Waals surface area (Å²) in [5.74, 6) is -1.28. The molecule has 7 heteroatoms. The number of anilines is 2. The van der Waals surface area contributed by atoms with Crippen LogP contribution in [0.15, 0.2) is 42.5 Å². The monoisotopic (exact) mass is 406 g/mol. The number of rotatable bonds is 4. The first-order valence-corrected chi connectivity index (χ1v) is 9.88. The first-order chi connectivity index (χ1) is 14.3. The molecule has 0 aliphatic carbocycles. The van der Waals surface area contributed by atoms with E-state index in [1.54, 1.807) is 30.0 Å². The van der Waals surface area contributed by atoms with Gasteiger partial charge < -0.3 is 9.64 Å². The number of hydrogen-bond donors (Lipinski definition) is 0. The van der Waals surface area contributed by atoms with Gasteiger partial charge in [-0.1, -0.05) is 17.7 Å². The molecule has 2 saturated heterocycles. The van der Waals surface area contributed by atoms with Gasteiger partial charge in [-0.05, 0) is 49.7 Å². The van der Waals surface area contributed by atoms with Crippen molar-refractivity contribution in [3.05, 3.63) is 53.6 Å². The van der Waals surface area contributed by atoms with Crippen LogP contribution < -0.4 is 14.5 Å². The summed E-state index contributed by atoms with van der Waals surface area (Å²) in [7, 11) is 0. The minimum Gasteiger partial charge on any atom is -0.426 e. The second-order valence-corrected chi connectivity index (χ2v) is 7.73. The predicted octanol–water partition coefficient (Wildman–Crippen LogP) is 2.92. The average Bonchev–Trinajstić information content (AvgIpc) is 3.25. The Hall–Kier alpha value is -3.48. The molecule has 0 bridgehead atoms. The summed E-state index contributed by atoms with van der Waals surface area (Å²) in [6.07, 6.45) is 0.519. The summed E-state index contributed by atoms with van der Waals surface area (Å²) in [5, 5.41) is 0. The van der Waals surface area contributed by atoms with Gasteiger partial charge >= 0.3 is 5.97 Å². The molecule has 0 unspecified atom stereocenters. The fraction of sp³-hybridized carbons (Fsp3) is 0.304. The molecule has 2 aromatic rings. The lowest BCUT2D eigenvalue weighted by molar-refractivity contribution is -0.139. The smallest absolute Gasteiger partial charge is 0.316 e. The number of nitrogens with zero attached hydrogens (tertiary/aromatic N) is 2. The second kappa shape index (κ2) is 7.74. The Kier molecular flexibility index (Phi) is 5.11. The van der Waals surface area contributed by atoms with Crippen LogP contribution in [0.4, 0.5) is 11.4 Å². The standard InChI is InChI=1S/C23H22N2O5/c1-14-3-5-17(6-4-14)24-13-16(12-22(24)28)23(29)30-18-7-8-19(15(2)11-18)25-20(26)9-10-21(25)27/h3-8,11,16H,9-10,12-13H2,1-2H3/t16-/m0/s1. The van der Waals surface area contributed by atoms with E-state index in [0.717, 1.165) is 11.3 Å². The summed E-state index contributed by atoms with van der Waals surface area (Å²) in [6.45, 7) is 4.00. The zero-order valence-electron chi connectivity index (χ0n) is 16.9. The molecule has 30 heavy (non-hydrogen) atoms. The van der Waals surface area contributed by atoms with E-state index in [2.05, 4.69) is 0 Å². The summed E-state index contributed by atoms with van der Waals surface area (Å²) in [5.41, 5.74) is 3.02. The largest absolute Gasteiger partial charge is 0.426 e. The molecule has 7 nitrogen and oxygen atoms in total. The van der Waals surface area contributed by atoms with Crippen molar-refractivity contribution in [2.24, 2.45) is 5.92 Å². The summed E-state index contributed by atoms with van der Waals surface area (Å²) < 4.78 is 5.50. The van der Waals surface area contributed by atoms with Gasteiger partial charge in [-0.25, -0.2) is 0 Å². The molecule has 4 rings (SSSR count). The third-order valence-corrected chi connectivity index (χ3v) is 5.48. The number of hydrogen-bond acceptors (Lipinski definition) is 5. The van der Waals surface area contributed by atoms with Crippen LogP contribution in [0.5, 0.6) is 5.75 Å². The quantitative estimate of drug-likeness (QED) is 0.443. The van der Waals surface area contributed by atoms with Gasteiger partial charge in [0.05, 0.1) is 11.6 Å². The number of carbonyl (C=O) groups is 4. The SMILES string of the molecule is Cc1ccc(N2C[C@@H](C(=O)Oc3ccc(N4C(=O)CCC4=O)c(C)c3)CC2=O)cc1. The zero-order chi connectivity index (χ0) is 21.4. The number of esters is 1. The molecule has 3 amide bonds. The first-order valence-electron chi connectivity index (χ1n) is 9.88. The van der Waals surface area contributed by atoms with Crippen molar-refractivity contribution in [3.8, 4) is 5.75 Å². The van der Waals surface area contributed by atoms with E-state index in [4.69, 9.17) is 4.74 Å². The van der Waals surface area contributed by atoms with E-state index < -0.39 is 11.9 Å². The lowest BCUT2D eigenvalue weighted by Gasteiger charge is -2.18. The van der Waals surface area contributed by atoms with Crippen molar-refractivity contribution < 1.29 is 23.9 Å². The van der Waals surface area contributed by atoms with E-state index in [9.17, 15) is 19.2 Å². The molecule has 0 N–H and O–H groups in total. The summed E-state index contributed by atoms with van der Waals surface area (Å²) >= 11 is 0. The molecule has 0 radical (unpaired) electrons. The molecule has 2 aliphatic heterocycles. The highest BCUT2D eigenvalue weighted by molar-refractivity contribution is 6.20. The van der Waals surface area contributed by atoms with Crippen LogP contribution in [-0.2, 0) is 19.2 Å². The molecular weight excluding hydrogens is 384 g/mol. The molecule has 1 atom stereocenters. The van der Waals surface area contributed by atoms with E-state index in [-0.39, 0.29) is 43.5 Å². The van der Waals surface area contributed by atoms with Gasteiger partial charge in [-0.3, -0.25) is 24.1 Å². The molecule has 2 fully saturated rings.